The summed E-state index contributed by atoms with van der Waals surface area (Å²) in [6.45, 7) is 7.66. The Labute approximate surface area is 216 Å². The molecule has 188 valence electrons. The Kier molecular flexibility index (Phi) is 8.33. The maximum Gasteiger partial charge on any atom is 0.271 e. The second-order valence-corrected chi connectivity index (χ2v) is 10.2. The molecule has 0 bridgehead atoms. The highest BCUT2D eigenvalue weighted by atomic mass is 32.1. The summed E-state index contributed by atoms with van der Waals surface area (Å²) < 4.78 is 2.38. The standard InChI is InChI=1S/C29H34N4O2S/c1-4-25(32(17-8-16-30)28(34)23-13-11-22(12-14-23)20(2)3)27-31-24-15-18-36-26(24)29(35)33(27)19-21-9-6-5-7-10-21/h5-7,9-15,18,20,25H,4,8,16-17,19,30H2,1-3H3. The molecule has 2 aromatic heterocycles. The Hall–Kier alpha value is -3.29. The zero-order valence-corrected chi connectivity index (χ0v) is 22.0. The van der Waals surface area contributed by atoms with Crippen LogP contribution < -0.4 is 11.3 Å². The first-order valence-electron chi connectivity index (χ1n) is 12.6. The molecule has 0 radical (unpaired) electrons. The summed E-state index contributed by atoms with van der Waals surface area (Å²) in [5, 5.41) is 1.89. The van der Waals surface area contributed by atoms with E-state index in [0.29, 0.717) is 60.0 Å². The molecule has 1 atom stereocenters. The molecule has 0 aliphatic carbocycles. The summed E-state index contributed by atoms with van der Waals surface area (Å²) in [7, 11) is 0. The van der Waals surface area contributed by atoms with Crippen molar-refractivity contribution in [1.29, 1.82) is 0 Å². The third kappa shape index (κ3) is 5.42. The van der Waals surface area contributed by atoms with E-state index in [1.807, 2.05) is 77.9 Å². The molecule has 7 heteroatoms. The first kappa shape index (κ1) is 25.8. The van der Waals surface area contributed by atoms with Gasteiger partial charge in [0.15, 0.2) is 0 Å². The number of amides is 1. The van der Waals surface area contributed by atoms with Crippen molar-refractivity contribution in [2.24, 2.45) is 5.73 Å². The number of hydrogen-bond acceptors (Lipinski definition) is 5. The van der Waals surface area contributed by atoms with E-state index in [1.54, 1.807) is 4.57 Å². The highest BCUT2D eigenvalue weighted by Gasteiger charge is 2.29. The van der Waals surface area contributed by atoms with E-state index in [0.717, 1.165) is 5.56 Å². The van der Waals surface area contributed by atoms with Crippen LogP contribution in [0.4, 0.5) is 0 Å². The molecule has 0 spiro atoms. The van der Waals surface area contributed by atoms with E-state index in [2.05, 4.69) is 13.8 Å². The number of rotatable bonds is 10. The van der Waals surface area contributed by atoms with Gasteiger partial charge in [-0.3, -0.25) is 14.2 Å². The molecule has 0 aliphatic heterocycles. The molecule has 1 amide bonds. The number of thiophene rings is 1. The number of carbonyl (C=O) groups is 1. The topological polar surface area (TPSA) is 81.2 Å². The first-order valence-corrected chi connectivity index (χ1v) is 13.4. The van der Waals surface area contributed by atoms with Crippen molar-refractivity contribution in [3.05, 3.63) is 98.9 Å². The predicted molar refractivity (Wildman–Crippen MR) is 148 cm³/mol. The van der Waals surface area contributed by atoms with E-state index in [9.17, 15) is 9.59 Å². The summed E-state index contributed by atoms with van der Waals surface area (Å²) in [5.41, 5.74) is 9.29. The minimum Gasteiger partial charge on any atom is -0.330 e. The predicted octanol–water partition coefficient (Wildman–Crippen LogP) is 5.57. The van der Waals surface area contributed by atoms with Crippen molar-refractivity contribution in [2.75, 3.05) is 13.1 Å². The molecule has 0 saturated carbocycles. The molecule has 4 aromatic rings. The Morgan fingerprint density at radius 2 is 1.81 bits per heavy atom. The molecule has 2 N–H and O–H groups in total. The minimum absolute atomic E-state index is 0.0696. The van der Waals surface area contributed by atoms with E-state index in [1.165, 1.54) is 16.9 Å². The molecule has 0 saturated heterocycles. The molecule has 2 aromatic carbocycles. The second-order valence-electron chi connectivity index (χ2n) is 9.32. The van der Waals surface area contributed by atoms with Gasteiger partial charge in [-0.1, -0.05) is 63.2 Å². The summed E-state index contributed by atoms with van der Waals surface area (Å²) >= 11 is 1.40. The second kappa shape index (κ2) is 11.6. The zero-order valence-electron chi connectivity index (χ0n) is 21.2. The van der Waals surface area contributed by atoms with Gasteiger partial charge in [0.1, 0.15) is 10.5 Å². The fourth-order valence-corrected chi connectivity index (χ4v) is 5.29. The smallest absolute Gasteiger partial charge is 0.271 e. The van der Waals surface area contributed by atoms with E-state index in [4.69, 9.17) is 10.7 Å². The van der Waals surface area contributed by atoms with E-state index in [-0.39, 0.29) is 17.5 Å². The first-order chi connectivity index (χ1) is 17.4. The fraction of sp³-hybridized carbons (Fsp3) is 0.345. The van der Waals surface area contributed by atoms with Crippen LogP contribution in [0.5, 0.6) is 0 Å². The maximum absolute atomic E-state index is 13.8. The van der Waals surface area contributed by atoms with Crippen LogP contribution in [-0.2, 0) is 6.54 Å². The van der Waals surface area contributed by atoms with Crippen LogP contribution in [0.3, 0.4) is 0 Å². The third-order valence-corrected chi connectivity index (χ3v) is 7.42. The number of carbonyl (C=O) groups excluding carboxylic acids is 1. The van der Waals surface area contributed by atoms with E-state index >= 15 is 0 Å². The van der Waals surface area contributed by atoms with Crippen LogP contribution in [-0.4, -0.2) is 33.4 Å². The summed E-state index contributed by atoms with van der Waals surface area (Å²) in [5.74, 6) is 0.929. The summed E-state index contributed by atoms with van der Waals surface area (Å²) in [4.78, 5) is 34.3. The monoisotopic (exact) mass is 502 g/mol. The molecule has 0 aliphatic rings. The van der Waals surface area contributed by atoms with Gasteiger partial charge in [-0.05, 0) is 60.0 Å². The van der Waals surface area contributed by atoms with Gasteiger partial charge in [-0.25, -0.2) is 4.98 Å². The van der Waals surface area contributed by atoms with Gasteiger partial charge in [0.2, 0.25) is 0 Å². The molecule has 1 unspecified atom stereocenters. The van der Waals surface area contributed by atoms with Crippen LogP contribution in [0, 0.1) is 0 Å². The van der Waals surface area contributed by atoms with Crippen molar-refractivity contribution >= 4 is 27.5 Å². The quantitative estimate of drug-likeness (QED) is 0.307. The lowest BCUT2D eigenvalue weighted by molar-refractivity contribution is 0.0655. The number of nitrogens with two attached hydrogens (primary N) is 1. The van der Waals surface area contributed by atoms with Crippen molar-refractivity contribution < 1.29 is 4.79 Å². The zero-order chi connectivity index (χ0) is 25.7. The number of fused-ring (bicyclic) bond motifs is 1. The molecular weight excluding hydrogens is 468 g/mol. The van der Waals surface area contributed by atoms with Crippen molar-refractivity contribution in [2.45, 2.75) is 52.1 Å². The number of hydrogen-bond donors (Lipinski definition) is 1. The molecular formula is C29H34N4O2S. The summed E-state index contributed by atoms with van der Waals surface area (Å²) in [6, 6.07) is 19.2. The van der Waals surface area contributed by atoms with Gasteiger partial charge in [0.25, 0.3) is 11.5 Å². The molecule has 36 heavy (non-hydrogen) atoms. The number of nitrogens with zero attached hydrogens (tertiary/aromatic N) is 3. The largest absolute Gasteiger partial charge is 0.330 e. The minimum atomic E-state index is -0.366. The number of aromatic nitrogens is 2. The maximum atomic E-state index is 13.8. The average molecular weight is 503 g/mol. The van der Waals surface area contributed by atoms with Crippen molar-refractivity contribution in [3.8, 4) is 0 Å². The van der Waals surface area contributed by atoms with Gasteiger partial charge < -0.3 is 10.6 Å². The van der Waals surface area contributed by atoms with Gasteiger partial charge in [-0.2, -0.15) is 0 Å². The van der Waals surface area contributed by atoms with Crippen LogP contribution in [0.1, 0.15) is 72.9 Å². The van der Waals surface area contributed by atoms with E-state index < -0.39 is 0 Å². The molecule has 4 rings (SSSR count). The Balaban J connectivity index is 1.81. The van der Waals surface area contributed by atoms with Crippen molar-refractivity contribution in [3.63, 3.8) is 0 Å². The van der Waals surface area contributed by atoms with Crippen LogP contribution in [0.25, 0.3) is 10.2 Å². The van der Waals surface area contributed by atoms with Crippen LogP contribution >= 0.6 is 11.3 Å². The van der Waals surface area contributed by atoms with Crippen LogP contribution in [0.2, 0.25) is 0 Å². The van der Waals surface area contributed by atoms with Crippen LogP contribution in [0.15, 0.2) is 70.8 Å². The lowest BCUT2D eigenvalue weighted by Crippen LogP contribution is -2.40. The Morgan fingerprint density at radius 3 is 2.44 bits per heavy atom. The lowest BCUT2D eigenvalue weighted by Gasteiger charge is -2.32. The lowest BCUT2D eigenvalue weighted by atomic mass is 10.0. The normalized spacial score (nSPS) is 12.2. The number of benzene rings is 2. The molecule has 2 heterocycles. The SMILES string of the molecule is CCC(c1nc2ccsc2c(=O)n1Cc1ccccc1)N(CCCN)C(=O)c1ccc(C(C)C)cc1. The van der Waals surface area contributed by atoms with Crippen molar-refractivity contribution in [1.82, 2.24) is 14.5 Å². The molecule has 0 fully saturated rings. The Morgan fingerprint density at radius 1 is 1.08 bits per heavy atom. The highest BCUT2D eigenvalue weighted by Crippen LogP contribution is 2.28. The van der Waals surface area contributed by atoms with Gasteiger partial charge in [0.05, 0.1) is 18.1 Å². The highest BCUT2D eigenvalue weighted by molar-refractivity contribution is 7.17. The summed E-state index contributed by atoms with van der Waals surface area (Å²) in [6.07, 6.45) is 1.28. The van der Waals surface area contributed by atoms with Gasteiger partial charge >= 0.3 is 0 Å². The Bertz CT molecular complexity index is 1360. The molecule has 6 nitrogen and oxygen atoms in total. The van der Waals surface area contributed by atoms with Gasteiger partial charge in [-0.15, -0.1) is 11.3 Å². The average Bonchev–Trinajstić information content (AvgIpc) is 3.37. The fourth-order valence-electron chi connectivity index (χ4n) is 4.51. The third-order valence-electron chi connectivity index (χ3n) is 6.53. The van der Waals surface area contributed by atoms with Gasteiger partial charge in [0, 0.05) is 12.1 Å².